The van der Waals surface area contributed by atoms with Gasteiger partial charge >= 0.3 is 0 Å². The number of carbonyl (C=O) groups is 1. The summed E-state index contributed by atoms with van der Waals surface area (Å²) >= 11 is 0. The summed E-state index contributed by atoms with van der Waals surface area (Å²) in [5, 5.41) is 17.9. The predicted molar refractivity (Wildman–Crippen MR) is 92.2 cm³/mol. The third kappa shape index (κ3) is 3.97. The molecule has 3 rings (SSSR count). The average Bonchev–Trinajstić information content (AvgIpc) is 3.02. The first-order chi connectivity index (χ1) is 11.6. The third-order valence-electron chi connectivity index (χ3n) is 4.72. The molecule has 1 atom stereocenters. The summed E-state index contributed by atoms with van der Waals surface area (Å²) in [4.78, 5) is 12.4. The fourth-order valence-corrected chi connectivity index (χ4v) is 3.29. The minimum Gasteiger partial charge on any atom is -0.326 e. The molecule has 1 saturated heterocycles. The fraction of sp³-hybridized carbons (Fsp3) is 0.529. The molecule has 0 aliphatic carbocycles. The number of tetrazole rings is 1. The van der Waals surface area contributed by atoms with E-state index in [1.807, 2.05) is 24.3 Å². The van der Waals surface area contributed by atoms with Crippen molar-refractivity contribution < 1.29 is 4.79 Å². The molecule has 0 radical (unpaired) electrons. The molecule has 128 valence electrons. The zero-order valence-corrected chi connectivity index (χ0v) is 14.2. The van der Waals surface area contributed by atoms with Crippen LogP contribution in [0, 0.1) is 11.8 Å². The maximum absolute atomic E-state index is 12.4. The summed E-state index contributed by atoms with van der Waals surface area (Å²) in [5.41, 5.74) is 1.66. The second kappa shape index (κ2) is 7.53. The molecule has 0 saturated carbocycles. The normalized spacial score (nSPS) is 16.8. The number of aromatic nitrogens is 4. The van der Waals surface area contributed by atoms with Gasteiger partial charge < -0.3 is 10.6 Å². The molecule has 24 heavy (non-hydrogen) atoms. The van der Waals surface area contributed by atoms with E-state index in [-0.39, 0.29) is 5.91 Å². The molecule has 2 heterocycles. The van der Waals surface area contributed by atoms with Crippen LogP contribution in [0.4, 0.5) is 5.69 Å². The van der Waals surface area contributed by atoms with Crippen LogP contribution in [-0.2, 0) is 11.8 Å². The number of hydrogen-bond acceptors (Lipinski definition) is 5. The highest BCUT2D eigenvalue weighted by Gasteiger charge is 2.22. The summed E-state index contributed by atoms with van der Waals surface area (Å²) < 4.78 is 1.61. The van der Waals surface area contributed by atoms with Crippen LogP contribution in [0.1, 0.15) is 26.2 Å². The Labute approximate surface area is 141 Å². The van der Waals surface area contributed by atoms with Crippen molar-refractivity contribution in [3.63, 3.8) is 0 Å². The van der Waals surface area contributed by atoms with Gasteiger partial charge in [-0.05, 0) is 60.3 Å². The Hall–Kier alpha value is -2.28. The van der Waals surface area contributed by atoms with Gasteiger partial charge in [-0.2, -0.15) is 0 Å². The van der Waals surface area contributed by atoms with E-state index in [1.54, 1.807) is 11.7 Å². The van der Waals surface area contributed by atoms with Gasteiger partial charge in [-0.1, -0.05) is 19.1 Å². The quantitative estimate of drug-likeness (QED) is 0.875. The number of anilines is 1. The van der Waals surface area contributed by atoms with Crippen molar-refractivity contribution in [3.8, 4) is 11.4 Å². The first kappa shape index (κ1) is 16.6. The van der Waals surface area contributed by atoms with E-state index in [2.05, 4.69) is 33.1 Å². The molecule has 1 aliphatic rings. The first-order valence-corrected chi connectivity index (χ1v) is 8.47. The number of piperidine rings is 1. The van der Waals surface area contributed by atoms with Gasteiger partial charge in [0.1, 0.15) is 0 Å². The summed E-state index contributed by atoms with van der Waals surface area (Å²) in [5.74, 6) is 1.77. The lowest BCUT2D eigenvalue weighted by Gasteiger charge is -2.27. The largest absolute Gasteiger partial charge is 0.326 e. The number of hydrogen-bond donors (Lipinski definition) is 2. The molecule has 2 aromatic rings. The second-order valence-corrected chi connectivity index (χ2v) is 6.52. The monoisotopic (exact) mass is 328 g/mol. The van der Waals surface area contributed by atoms with E-state index >= 15 is 0 Å². The van der Waals surface area contributed by atoms with E-state index < -0.39 is 0 Å². The molecule has 1 aromatic carbocycles. The lowest BCUT2D eigenvalue weighted by Crippen LogP contribution is -2.32. The van der Waals surface area contributed by atoms with E-state index in [4.69, 9.17) is 0 Å². The smallest absolute Gasteiger partial charge is 0.224 e. The number of rotatable bonds is 5. The summed E-state index contributed by atoms with van der Waals surface area (Å²) in [6.45, 7) is 4.30. The van der Waals surface area contributed by atoms with Gasteiger partial charge in [0.05, 0.1) is 0 Å². The average molecular weight is 328 g/mol. The molecule has 7 nitrogen and oxygen atoms in total. The molecule has 7 heteroatoms. The van der Waals surface area contributed by atoms with Gasteiger partial charge in [0, 0.05) is 24.7 Å². The second-order valence-electron chi connectivity index (χ2n) is 6.52. The van der Waals surface area contributed by atoms with Crippen molar-refractivity contribution in [2.75, 3.05) is 18.4 Å². The van der Waals surface area contributed by atoms with Gasteiger partial charge in [-0.15, -0.1) is 5.10 Å². The van der Waals surface area contributed by atoms with Crippen molar-refractivity contribution >= 4 is 11.6 Å². The maximum Gasteiger partial charge on any atom is 0.224 e. The van der Waals surface area contributed by atoms with E-state index in [1.165, 1.54) is 0 Å². The topological polar surface area (TPSA) is 84.7 Å². The molecular weight excluding hydrogens is 304 g/mol. The van der Waals surface area contributed by atoms with Gasteiger partial charge in [0.2, 0.25) is 5.91 Å². The zero-order chi connectivity index (χ0) is 16.9. The SMILES string of the molecule is CC(CC(=O)Nc1cccc(-c2nnnn2C)c1)C1CCNCC1. The predicted octanol–water partition coefficient (Wildman–Crippen LogP) is 1.84. The standard InChI is InChI=1S/C17H24N6O/c1-12(13-6-8-18-9-7-13)10-16(24)19-15-5-3-4-14(11-15)17-20-21-22-23(17)2/h3-5,11-13,18H,6-10H2,1-2H3,(H,19,24). The summed E-state index contributed by atoms with van der Waals surface area (Å²) in [6, 6.07) is 7.62. The number of nitrogens with one attached hydrogen (secondary N) is 2. The Kier molecular flexibility index (Phi) is 5.20. The minimum absolute atomic E-state index is 0.0641. The fourth-order valence-electron chi connectivity index (χ4n) is 3.29. The lowest BCUT2D eigenvalue weighted by molar-refractivity contribution is -0.117. The molecule has 1 unspecified atom stereocenters. The van der Waals surface area contributed by atoms with Crippen molar-refractivity contribution in [1.29, 1.82) is 0 Å². The molecule has 1 aromatic heterocycles. The summed E-state index contributed by atoms with van der Waals surface area (Å²) in [7, 11) is 1.79. The number of amides is 1. The van der Waals surface area contributed by atoms with E-state index in [0.717, 1.165) is 37.2 Å². The molecule has 2 N–H and O–H groups in total. The molecule has 1 fully saturated rings. The van der Waals surface area contributed by atoms with E-state index in [9.17, 15) is 4.79 Å². The molecular formula is C17H24N6O. The van der Waals surface area contributed by atoms with Crippen molar-refractivity contribution in [1.82, 2.24) is 25.5 Å². The molecule has 0 bridgehead atoms. The van der Waals surface area contributed by atoms with Crippen LogP contribution in [0.25, 0.3) is 11.4 Å². The van der Waals surface area contributed by atoms with Crippen LogP contribution in [0.15, 0.2) is 24.3 Å². The highest BCUT2D eigenvalue weighted by atomic mass is 16.1. The number of nitrogens with zero attached hydrogens (tertiary/aromatic N) is 4. The van der Waals surface area contributed by atoms with Crippen LogP contribution in [0.2, 0.25) is 0 Å². The summed E-state index contributed by atoms with van der Waals surface area (Å²) in [6.07, 6.45) is 2.87. The number of benzene rings is 1. The minimum atomic E-state index is 0.0641. The van der Waals surface area contributed by atoms with Crippen molar-refractivity contribution in [3.05, 3.63) is 24.3 Å². The zero-order valence-electron chi connectivity index (χ0n) is 14.2. The molecule has 0 spiro atoms. The van der Waals surface area contributed by atoms with Gasteiger partial charge in [0.25, 0.3) is 0 Å². The molecule has 1 aliphatic heterocycles. The van der Waals surface area contributed by atoms with Gasteiger partial charge in [0.15, 0.2) is 5.82 Å². The Balaban J connectivity index is 1.61. The van der Waals surface area contributed by atoms with Gasteiger partial charge in [-0.25, -0.2) is 4.68 Å². The lowest BCUT2D eigenvalue weighted by atomic mass is 9.84. The van der Waals surface area contributed by atoms with Crippen molar-refractivity contribution in [2.45, 2.75) is 26.2 Å². The van der Waals surface area contributed by atoms with Crippen LogP contribution in [0.5, 0.6) is 0 Å². The van der Waals surface area contributed by atoms with Crippen LogP contribution in [0.3, 0.4) is 0 Å². The van der Waals surface area contributed by atoms with E-state index in [0.29, 0.717) is 24.1 Å². The van der Waals surface area contributed by atoms with Gasteiger partial charge in [-0.3, -0.25) is 4.79 Å². The van der Waals surface area contributed by atoms with Crippen LogP contribution in [-0.4, -0.2) is 39.2 Å². The Bertz CT molecular complexity index is 692. The Morgan fingerprint density at radius 1 is 1.42 bits per heavy atom. The number of aryl methyl sites for hydroxylation is 1. The Morgan fingerprint density at radius 3 is 2.92 bits per heavy atom. The third-order valence-corrected chi connectivity index (χ3v) is 4.72. The first-order valence-electron chi connectivity index (χ1n) is 8.47. The highest BCUT2D eigenvalue weighted by Crippen LogP contribution is 2.25. The van der Waals surface area contributed by atoms with Crippen LogP contribution < -0.4 is 10.6 Å². The van der Waals surface area contributed by atoms with Crippen molar-refractivity contribution in [2.24, 2.45) is 18.9 Å². The molecule has 1 amide bonds. The Morgan fingerprint density at radius 2 is 2.21 bits per heavy atom. The highest BCUT2D eigenvalue weighted by molar-refractivity contribution is 5.91. The number of carbonyl (C=O) groups excluding carboxylic acids is 1. The maximum atomic E-state index is 12.4. The van der Waals surface area contributed by atoms with Crippen LogP contribution >= 0.6 is 0 Å².